The number of halogens is 1. The lowest BCUT2D eigenvalue weighted by molar-refractivity contribution is -0.207. The van der Waals surface area contributed by atoms with E-state index in [-0.39, 0.29) is 37.8 Å². The number of hydrogen-bond donors (Lipinski definition) is 1. The number of hydrogen-bond acceptors (Lipinski definition) is 3. The van der Waals surface area contributed by atoms with Crippen molar-refractivity contribution >= 4 is 28.2 Å². The highest BCUT2D eigenvalue weighted by Gasteiger charge is 2.70. The fourth-order valence-corrected chi connectivity index (χ4v) is 12.6. The molecular formula is C34H63ClO3Si2. The molecule has 0 unspecified atom stereocenters. The first-order valence-corrected chi connectivity index (χ1v) is 22.5. The molecule has 3 fully saturated rings. The van der Waals surface area contributed by atoms with Gasteiger partial charge in [-0.2, -0.15) is 0 Å². The molecule has 1 N–H and O–H groups in total. The molecule has 9 atom stereocenters. The molecule has 0 amide bonds. The van der Waals surface area contributed by atoms with E-state index in [0.29, 0.717) is 17.8 Å². The zero-order chi connectivity index (χ0) is 30.5. The van der Waals surface area contributed by atoms with Crippen molar-refractivity contribution in [3.8, 4) is 0 Å². The monoisotopic (exact) mass is 610 g/mol. The van der Waals surface area contributed by atoms with Crippen molar-refractivity contribution in [1.29, 1.82) is 0 Å². The molecule has 6 heteroatoms. The molecule has 0 radical (unpaired) electrons. The van der Waals surface area contributed by atoms with Gasteiger partial charge in [-0.05, 0) is 129 Å². The summed E-state index contributed by atoms with van der Waals surface area (Å²) in [7, 11) is -3.80. The number of rotatable bonds is 5. The van der Waals surface area contributed by atoms with Crippen LogP contribution >= 0.6 is 11.6 Å². The van der Waals surface area contributed by atoms with Crippen molar-refractivity contribution < 1.29 is 14.0 Å². The van der Waals surface area contributed by atoms with Gasteiger partial charge in [0.15, 0.2) is 8.32 Å². The molecule has 0 heterocycles. The van der Waals surface area contributed by atoms with Crippen molar-refractivity contribution in [3.63, 3.8) is 0 Å². The molecule has 0 aromatic rings. The van der Waals surface area contributed by atoms with Gasteiger partial charge in [-0.25, -0.2) is 0 Å². The van der Waals surface area contributed by atoms with Gasteiger partial charge < -0.3 is 14.0 Å². The second kappa shape index (κ2) is 9.84. The maximum atomic E-state index is 12.5. The average Bonchev–Trinajstić information content (AvgIpc) is 3.07. The molecule has 0 aromatic carbocycles. The second-order valence-corrected chi connectivity index (χ2v) is 28.6. The minimum Gasteiger partial charge on any atom is -0.547 e. The van der Waals surface area contributed by atoms with Crippen LogP contribution in [0.4, 0.5) is 0 Å². The number of aliphatic hydroxyl groups is 1. The third kappa shape index (κ3) is 5.16. The van der Waals surface area contributed by atoms with Crippen LogP contribution in [0.25, 0.3) is 0 Å². The zero-order valence-electron chi connectivity index (χ0n) is 28.6. The molecule has 4 rings (SSSR count). The van der Waals surface area contributed by atoms with E-state index in [1.54, 1.807) is 0 Å². The van der Waals surface area contributed by atoms with Gasteiger partial charge in [-0.3, -0.25) is 0 Å². The van der Waals surface area contributed by atoms with Gasteiger partial charge in [0.05, 0.1) is 16.2 Å². The minimum atomic E-state index is -1.93. The van der Waals surface area contributed by atoms with E-state index in [9.17, 15) is 5.11 Å². The smallest absolute Gasteiger partial charge is 0.250 e. The molecule has 0 bridgehead atoms. The summed E-state index contributed by atoms with van der Waals surface area (Å²) in [5.41, 5.74) is -0.809. The molecule has 0 aromatic heterocycles. The molecule has 0 saturated heterocycles. The summed E-state index contributed by atoms with van der Waals surface area (Å²) in [6.07, 6.45) is 9.71. The molecular weight excluding hydrogens is 548 g/mol. The first-order valence-electron chi connectivity index (χ1n) is 16.3. The Kier molecular flexibility index (Phi) is 8.14. The minimum absolute atomic E-state index is 0.0935. The van der Waals surface area contributed by atoms with E-state index in [1.807, 2.05) is 0 Å². The first kappa shape index (κ1) is 33.1. The van der Waals surface area contributed by atoms with Crippen LogP contribution in [0.3, 0.4) is 0 Å². The Morgan fingerprint density at radius 3 is 2.08 bits per heavy atom. The zero-order valence-corrected chi connectivity index (χ0v) is 31.3. The summed E-state index contributed by atoms with van der Waals surface area (Å²) in [6, 6.07) is 0. The normalized spacial score (nSPS) is 43.4. The summed E-state index contributed by atoms with van der Waals surface area (Å²) < 4.78 is 13.8. The molecule has 3 nitrogen and oxygen atoms in total. The Labute approximate surface area is 254 Å². The Morgan fingerprint density at radius 1 is 0.950 bits per heavy atom. The number of alkyl halides is 1. The SMILES string of the molecule is C[C@H](O[Si](C)(C)C(C)(C)C)[C@H]1CC[C@H]2[C@@H]3CC[C@@]4(Cl)CC(O[Si](C)(C)C(C)(C)C)=CC[C@]4(C)[C@H]3[C@@](C)(O)C[C@]12C. The largest absolute Gasteiger partial charge is 0.547 e. The maximum Gasteiger partial charge on any atom is 0.250 e. The molecule has 0 spiro atoms. The third-order valence-corrected chi connectivity index (χ3v) is 23.4. The Morgan fingerprint density at radius 2 is 1.52 bits per heavy atom. The van der Waals surface area contributed by atoms with Crippen LogP contribution < -0.4 is 0 Å². The summed E-state index contributed by atoms with van der Waals surface area (Å²) in [4.78, 5) is -0.366. The molecule has 40 heavy (non-hydrogen) atoms. The van der Waals surface area contributed by atoms with Gasteiger partial charge in [-0.15, -0.1) is 11.6 Å². The van der Waals surface area contributed by atoms with Crippen molar-refractivity contribution in [2.24, 2.45) is 34.5 Å². The summed E-state index contributed by atoms with van der Waals surface area (Å²) in [5.74, 6) is 2.93. The molecule has 232 valence electrons. The van der Waals surface area contributed by atoms with Crippen molar-refractivity contribution in [1.82, 2.24) is 0 Å². The number of fused-ring (bicyclic) bond motifs is 5. The fourth-order valence-electron chi connectivity index (χ4n) is 9.65. The summed E-state index contributed by atoms with van der Waals surface area (Å²) in [5, 5.41) is 12.8. The summed E-state index contributed by atoms with van der Waals surface area (Å²) >= 11 is 7.74. The highest BCUT2D eigenvalue weighted by atomic mass is 35.5. The van der Waals surface area contributed by atoms with Crippen LogP contribution in [0.2, 0.25) is 36.3 Å². The van der Waals surface area contributed by atoms with Crippen LogP contribution in [-0.2, 0) is 8.85 Å². The van der Waals surface area contributed by atoms with Gasteiger partial charge in [0.25, 0.3) is 0 Å². The lowest BCUT2D eigenvalue weighted by Gasteiger charge is -2.67. The van der Waals surface area contributed by atoms with E-state index in [4.69, 9.17) is 20.5 Å². The van der Waals surface area contributed by atoms with E-state index in [2.05, 4.69) is 102 Å². The van der Waals surface area contributed by atoms with Crippen molar-refractivity contribution in [3.05, 3.63) is 11.8 Å². The first-order chi connectivity index (χ1) is 17.8. The van der Waals surface area contributed by atoms with E-state index >= 15 is 0 Å². The van der Waals surface area contributed by atoms with E-state index < -0.39 is 22.2 Å². The van der Waals surface area contributed by atoms with Crippen molar-refractivity contribution in [2.75, 3.05) is 0 Å². The van der Waals surface area contributed by atoms with Crippen LogP contribution in [0.15, 0.2) is 11.8 Å². The fraction of sp³-hybridized carbons (Fsp3) is 0.941. The van der Waals surface area contributed by atoms with Gasteiger partial charge in [0, 0.05) is 12.5 Å². The average molecular weight is 612 g/mol. The second-order valence-electron chi connectivity index (χ2n) is 18.4. The standard InChI is InChI=1S/C34H63ClO3Si2/c1-23(37-39(11,12)29(2,3)4)26-15-16-27-25-18-20-34(35)21-24(38-40(13,14)30(5,6)7)17-19-32(34,9)28(25)33(10,36)22-31(26,27)8/h17,23,25-28,36H,15-16,18-22H2,1-14H3/t23-,25-,26+,27-,28-,31+,32+,33-,34+/m0/s1. The lowest BCUT2D eigenvalue weighted by Crippen LogP contribution is -2.67. The van der Waals surface area contributed by atoms with Gasteiger partial charge >= 0.3 is 0 Å². The predicted molar refractivity (Wildman–Crippen MR) is 176 cm³/mol. The van der Waals surface area contributed by atoms with E-state index in [0.717, 1.165) is 37.9 Å². The van der Waals surface area contributed by atoms with Gasteiger partial charge in [-0.1, -0.05) is 55.4 Å². The van der Waals surface area contributed by atoms with Gasteiger partial charge in [0.2, 0.25) is 8.32 Å². The Bertz CT molecular complexity index is 1010. The van der Waals surface area contributed by atoms with Crippen molar-refractivity contribution in [2.45, 2.75) is 167 Å². The van der Waals surface area contributed by atoms with Crippen LogP contribution in [0.5, 0.6) is 0 Å². The van der Waals surface area contributed by atoms with Crippen LogP contribution in [0, 0.1) is 34.5 Å². The maximum absolute atomic E-state index is 12.5. The predicted octanol–water partition coefficient (Wildman–Crippen LogP) is 10.3. The van der Waals surface area contributed by atoms with Gasteiger partial charge in [0.1, 0.15) is 0 Å². The topological polar surface area (TPSA) is 38.7 Å². The number of allylic oxidation sites excluding steroid dienone is 2. The Hall–Kier alpha value is 0.184. The Balaban J connectivity index is 1.62. The van der Waals surface area contributed by atoms with E-state index in [1.165, 1.54) is 12.8 Å². The molecule has 4 aliphatic rings. The molecule has 0 aliphatic heterocycles. The van der Waals surface area contributed by atoms with Crippen LogP contribution in [-0.4, -0.2) is 38.3 Å². The highest BCUT2D eigenvalue weighted by molar-refractivity contribution is 6.74. The lowest BCUT2D eigenvalue weighted by atomic mass is 9.41. The quantitative estimate of drug-likeness (QED) is 0.248. The molecule has 4 aliphatic carbocycles. The highest BCUT2D eigenvalue weighted by Crippen LogP contribution is 2.72. The third-order valence-electron chi connectivity index (χ3n) is 13.7. The molecule has 3 saturated carbocycles. The summed E-state index contributed by atoms with van der Waals surface area (Å²) in [6.45, 7) is 32.7. The van der Waals surface area contributed by atoms with Crippen LogP contribution in [0.1, 0.15) is 114 Å².